The Balaban J connectivity index is 1.69. The highest BCUT2D eigenvalue weighted by molar-refractivity contribution is 5.77. The number of fused-ring (bicyclic) bond motifs is 2. The van der Waals surface area contributed by atoms with Crippen LogP contribution < -0.4 is 0 Å². The lowest BCUT2D eigenvalue weighted by molar-refractivity contribution is -0.133. The minimum Gasteiger partial charge on any atom is -0.351 e. The molecule has 2 aliphatic heterocycles. The normalized spacial score (nSPS) is 32.3. The van der Waals surface area contributed by atoms with Gasteiger partial charge < -0.3 is 9.80 Å². The van der Waals surface area contributed by atoms with Gasteiger partial charge in [0.15, 0.2) is 0 Å². The van der Waals surface area contributed by atoms with E-state index in [0.29, 0.717) is 24.0 Å². The Morgan fingerprint density at radius 3 is 2.62 bits per heavy atom. The van der Waals surface area contributed by atoms with Gasteiger partial charge in [0, 0.05) is 24.7 Å². The fraction of sp³-hybridized carbons (Fsp3) is 0.769. The van der Waals surface area contributed by atoms with Gasteiger partial charge in [0.25, 0.3) is 0 Å². The molecule has 3 fully saturated rings. The number of amides is 1. The molecule has 0 N–H and O–H groups in total. The van der Waals surface area contributed by atoms with E-state index >= 15 is 0 Å². The molecule has 1 saturated carbocycles. The minimum atomic E-state index is 0.328. The van der Waals surface area contributed by atoms with Crippen LogP contribution in [0.3, 0.4) is 0 Å². The monoisotopic (exact) mass is 220 g/mol. The molecule has 3 rings (SSSR count). The van der Waals surface area contributed by atoms with Gasteiger partial charge in [0.2, 0.25) is 5.91 Å². The van der Waals surface area contributed by atoms with Crippen LogP contribution in [-0.2, 0) is 4.79 Å². The maximum Gasteiger partial charge on any atom is 0.224 e. The van der Waals surface area contributed by atoms with Crippen LogP contribution in [0.25, 0.3) is 0 Å². The number of rotatable bonds is 3. The number of likely N-dealkylation sites (tertiary alicyclic amines) is 1. The third kappa shape index (κ3) is 1.53. The van der Waals surface area contributed by atoms with Crippen molar-refractivity contribution < 1.29 is 4.79 Å². The van der Waals surface area contributed by atoms with E-state index in [1.807, 2.05) is 0 Å². The fourth-order valence-corrected chi connectivity index (χ4v) is 3.22. The Kier molecular flexibility index (Phi) is 2.23. The Labute approximate surface area is 97.1 Å². The Hall–Kier alpha value is -0.990. The van der Waals surface area contributed by atoms with Crippen molar-refractivity contribution in [1.29, 1.82) is 0 Å². The van der Waals surface area contributed by atoms with Crippen molar-refractivity contribution in [2.75, 3.05) is 6.54 Å². The summed E-state index contributed by atoms with van der Waals surface area (Å²) in [5.74, 6) is 1.07. The average Bonchev–Trinajstić information content (AvgIpc) is 2.86. The van der Waals surface area contributed by atoms with Crippen LogP contribution in [0.2, 0.25) is 0 Å². The molecule has 3 heteroatoms. The summed E-state index contributed by atoms with van der Waals surface area (Å²) in [6, 6.07) is 0.547. The van der Waals surface area contributed by atoms with Crippen LogP contribution >= 0.6 is 0 Å². The number of piperidine rings is 1. The SMILES string of the molecule is C=C(C)N1C2CCC1N(C(=O)CC1CC1)C2. The van der Waals surface area contributed by atoms with E-state index in [9.17, 15) is 4.79 Å². The number of hydrogen-bond acceptors (Lipinski definition) is 2. The molecule has 0 radical (unpaired) electrons. The first kappa shape index (κ1) is 10.2. The summed E-state index contributed by atoms with van der Waals surface area (Å²) in [5.41, 5.74) is 1.12. The minimum absolute atomic E-state index is 0.328. The average molecular weight is 220 g/mol. The zero-order valence-corrected chi connectivity index (χ0v) is 9.98. The van der Waals surface area contributed by atoms with Gasteiger partial charge in [-0.15, -0.1) is 0 Å². The summed E-state index contributed by atoms with van der Waals surface area (Å²) in [4.78, 5) is 16.6. The van der Waals surface area contributed by atoms with Gasteiger partial charge in [-0.05, 0) is 38.5 Å². The fourth-order valence-electron chi connectivity index (χ4n) is 3.22. The molecule has 0 aromatic carbocycles. The summed E-state index contributed by atoms with van der Waals surface area (Å²) in [6.07, 6.45) is 6.00. The Bertz CT molecular complexity index is 335. The van der Waals surface area contributed by atoms with Crippen LogP contribution in [-0.4, -0.2) is 34.5 Å². The van der Waals surface area contributed by atoms with E-state index in [1.165, 1.54) is 19.3 Å². The highest BCUT2D eigenvalue weighted by Crippen LogP contribution is 2.39. The number of allylic oxidation sites excluding steroid dienone is 1. The molecule has 3 nitrogen and oxygen atoms in total. The first-order valence-corrected chi connectivity index (χ1v) is 6.40. The summed E-state index contributed by atoms with van der Waals surface area (Å²) in [6.45, 7) is 7.02. The molecule has 0 aromatic rings. The van der Waals surface area contributed by atoms with Crippen LogP contribution in [0, 0.1) is 5.92 Å². The molecule has 2 saturated heterocycles. The molecule has 0 spiro atoms. The molecule has 3 aliphatic rings. The summed E-state index contributed by atoms with van der Waals surface area (Å²) >= 11 is 0. The van der Waals surface area contributed by atoms with Crippen LogP contribution in [0.15, 0.2) is 12.3 Å². The molecule has 16 heavy (non-hydrogen) atoms. The second-order valence-corrected chi connectivity index (χ2v) is 5.55. The summed E-state index contributed by atoms with van der Waals surface area (Å²) in [7, 11) is 0. The third-order valence-corrected chi connectivity index (χ3v) is 4.16. The van der Waals surface area contributed by atoms with E-state index in [4.69, 9.17) is 0 Å². The van der Waals surface area contributed by atoms with Gasteiger partial charge in [-0.1, -0.05) is 6.58 Å². The van der Waals surface area contributed by atoms with E-state index in [1.54, 1.807) is 0 Å². The van der Waals surface area contributed by atoms with Gasteiger partial charge >= 0.3 is 0 Å². The maximum absolute atomic E-state index is 12.1. The zero-order valence-electron chi connectivity index (χ0n) is 9.98. The Morgan fingerprint density at radius 2 is 2.06 bits per heavy atom. The standard InChI is InChI=1S/C13H20N2O/c1-9(2)15-11-5-6-12(15)14(8-11)13(16)7-10-3-4-10/h10-12H,1,3-8H2,2H3. The van der Waals surface area contributed by atoms with Crippen LogP contribution in [0.4, 0.5) is 0 Å². The molecule has 1 amide bonds. The molecular weight excluding hydrogens is 200 g/mol. The molecule has 2 atom stereocenters. The van der Waals surface area contributed by atoms with Crippen molar-refractivity contribution in [3.63, 3.8) is 0 Å². The zero-order chi connectivity index (χ0) is 11.3. The highest BCUT2D eigenvalue weighted by Gasteiger charge is 2.46. The lowest BCUT2D eigenvalue weighted by atomic mass is 10.1. The highest BCUT2D eigenvalue weighted by atomic mass is 16.2. The molecular formula is C13H20N2O. The van der Waals surface area contributed by atoms with E-state index in [-0.39, 0.29) is 0 Å². The lowest BCUT2D eigenvalue weighted by Crippen LogP contribution is -2.40. The molecule has 2 unspecified atom stereocenters. The van der Waals surface area contributed by atoms with Crippen LogP contribution in [0.5, 0.6) is 0 Å². The smallest absolute Gasteiger partial charge is 0.224 e. The predicted octanol–water partition coefficient (Wildman–Crippen LogP) is 1.95. The second-order valence-electron chi connectivity index (χ2n) is 5.55. The maximum atomic E-state index is 12.1. The van der Waals surface area contributed by atoms with Gasteiger partial charge in [-0.2, -0.15) is 0 Å². The first-order chi connectivity index (χ1) is 7.66. The van der Waals surface area contributed by atoms with Crippen molar-refractivity contribution in [3.8, 4) is 0 Å². The molecule has 2 heterocycles. The van der Waals surface area contributed by atoms with Crippen molar-refractivity contribution in [3.05, 3.63) is 12.3 Å². The Morgan fingerprint density at radius 1 is 1.31 bits per heavy atom. The molecule has 0 aromatic heterocycles. The van der Waals surface area contributed by atoms with Crippen molar-refractivity contribution in [1.82, 2.24) is 9.80 Å². The van der Waals surface area contributed by atoms with Gasteiger partial charge in [0.05, 0.1) is 0 Å². The number of hydrogen-bond donors (Lipinski definition) is 0. The quantitative estimate of drug-likeness (QED) is 0.726. The lowest BCUT2D eigenvalue weighted by Gasteiger charge is -2.28. The number of nitrogens with zero attached hydrogens (tertiary/aromatic N) is 2. The second kappa shape index (κ2) is 3.51. The molecule has 1 aliphatic carbocycles. The summed E-state index contributed by atoms with van der Waals surface area (Å²) in [5, 5.41) is 0. The number of carbonyl (C=O) groups is 1. The van der Waals surface area contributed by atoms with Gasteiger partial charge in [-0.25, -0.2) is 0 Å². The van der Waals surface area contributed by atoms with Gasteiger partial charge in [-0.3, -0.25) is 4.79 Å². The van der Waals surface area contributed by atoms with Gasteiger partial charge in [0.1, 0.15) is 6.17 Å². The topological polar surface area (TPSA) is 23.6 Å². The third-order valence-electron chi connectivity index (χ3n) is 4.16. The van der Waals surface area contributed by atoms with Crippen LogP contribution in [0.1, 0.15) is 39.0 Å². The first-order valence-electron chi connectivity index (χ1n) is 6.40. The largest absolute Gasteiger partial charge is 0.351 e. The van der Waals surface area contributed by atoms with E-state index in [2.05, 4.69) is 23.3 Å². The predicted molar refractivity (Wildman–Crippen MR) is 62.5 cm³/mol. The van der Waals surface area contributed by atoms with Crippen molar-refractivity contribution in [2.24, 2.45) is 5.92 Å². The van der Waals surface area contributed by atoms with E-state index < -0.39 is 0 Å². The summed E-state index contributed by atoms with van der Waals surface area (Å²) < 4.78 is 0. The van der Waals surface area contributed by atoms with E-state index in [0.717, 1.165) is 25.1 Å². The number of carbonyl (C=O) groups excluding carboxylic acids is 1. The molecule has 2 bridgehead atoms. The van der Waals surface area contributed by atoms with Crippen molar-refractivity contribution >= 4 is 5.91 Å². The van der Waals surface area contributed by atoms with Crippen molar-refractivity contribution in [2.45, 2.75) is 51.2 Å². The molecule has 88 valence electrons.